The van der Waals surface area contributed by atoms with Crippen molar-refractivity contribution in [3.8, 4) is 11.4 Å². The Hall–Kier alpha value is -3.15. The maximum absolute atomic E-state index is 11.1. The van der Waals surface area contributed by atoms with Crippen LogP contribution in [0.2, 0.25) is 0 Å². The second-order valence-electron chi connectivity index (χ2n) is 4.74. The second kappa shape index (κ2) is 5.33. The Labute approximate surface area is 125 Å². The van der Waals surface area contributed by atoms with E-state index < -0.39 is 4.92 Å². The third kappa shape index (κ3) is 2.42. The van der Waals surface area contributed by atoms with E-state index in [2.05, 4.69) is 0 Å². The Kier molecular flexibility index (Phi) is 3.34. The number of nitro groups is 1. The van der Waals surface area contributed by atoms with Gasteiger partial charge in [0.1, 0.15) is 5.75 Å². The summed E-state index contributed by atoms with van der Waals surface area (Å²) in [6, 6.07) is 13.5. The van der Waals surface area contributed by atoms with Gasteiger partial charge < -0.3 is 9.30 Å². The number of benzene rings is 2. The average Bonchev–Trinajstić information content (AvgIpc) is 2.92. The van der Waals surface area contributed by atoms with Crippen molar-refractivity contribution in [3.63, 3.8) is 0 Å². The molecule has 0 unspecified atom stereocenters. The summed E-state index contributed by atoms with van der Waals surface area (Å²) in [5, 5.41) is 11.5. The molecule has 110 valence electrons. The van der Waals surface area contributed by atoms with Crippen molar-refractivity contribution in [2.45, 2.75) is 6.92 Å². The maximum Gasteiger partial charge on any atom is 0.308 e. The zero-order chi connectivity index (χ0) is 15.7. The van der Waals surface area contributed by atoms with Gasteiger partial charge >= 0.3 is 5.97 Å². The molecule has 6 nitrogen and oxygen atoms in total. The molecule has 0 aliphatic rings. The SMILES string of the molecule is CC(=O)Oc1cccc2c1ccn2-c1ccc([N+](=O)[O-])cc1. The molecule has 0 atom stereocenters. The Morgan fingerprint density at radius 3 is 2.50 bits per heavy atom. The summed E-state index contributed by atoms with van der Waals surface area (Å²) in [7, 11) is 0. The zero-order valence-electron chi connectivity index (χ0n) is 11.7. The minimum absolute atomic E-state index is 0.0424. The summed E-state index contributed by atoms with van der Waals surface area (Å²) in [4.78, 5) is 21.4. The number of nitrogens with zero attached hydrogens (tertiary/aromatic N) is 2. The molecule has 0 amide bonds. The number of hydrogen-bond acceptors (Lipinski definition) is 4. The summed E-state index contributed by atoms with van der Waals surface area (Å²) in [5.74, 6) is 0.112. The van der Waals surface area contributed by atoms with Gasteiger partial charge in [0, 0.05) is 36.3 Å². The molecule has 6 heteroatoms. The van der Waals surface area contributed by atoms with E-state index in [1.165, 1.54) is 19.1 Å². The van der Waals surface area contributed by atoms with Crippen LogP contribution in [0.5, 0.6) is 5.75 Å². The fourth-order valence-corrected chi connectivity index (χ4v) is 2.34. The average molecular weight is 296 g/mol. The van der Waals surface area contributed by atoms with Crippen LogP contribution in [0.1, 0.15) is 6.92 Å². The van der Waals surface area contributed by atoms with Crippen molar-refractivity contribution in [2.75, 3.05) is 0 Å². The predicted octanol–water partition coefficient (Wildman–Crippen LogP) is 3.46. The van der Waals surface area contributed by atoms with Gasteiger partial charge in [0.2, 0.25) is 0 Å². The highest BCUT2D eigenvalue weighted by Gasteiger charge is 2.10. The number of carbonyl (C=O) groups is 1. The Balaban J connectivity index is 2.08. The number of nitro benzene ring substituents is 1. The van der Waals surface area contributed by atoms with Crippen LogP contribution in [-0.2, 0) is 4.79 Å². The third-order valence-electron chi connectivity index (χ3n) is 3.29. The Morgan fingerprint density at radius 2 is 1.86 bits per heavy atom. The van der Waals surface area contributed by atoms with Crippen LogP contribution in [0, 0.1) is 10.1 Å². The molecular formula is C16H12N2O4. The first-order valence-electron chi connectivity index (χ1n) is 6.59. The Morgan fingerprint density at radius 1 is 1.14 bits per heavy atom. The van der Waals surface area contributed by atoms with Gasteiger partial charge in [0.25, 0.3) is 5.69 Å². The molecule has 2 aromatic carbocycles. The number of hydrogen-bond donors (Lipinski definition) is 0. The maximum atomic E-state index is 11.1. The van der Waals surface area contributed by atoms with Crippen molar-refractivity contribution in [3.05, 3.63) is 64.8 Å². The molecule has 0 saturated heterocycles. The molecular weight excluding hydrogens is 284 g/mol. The molecule has 0 aliphatic carbocycles. The minimum atomic E-state index is -0.434. The van der Waals surface area contributed by atoms with Crippen molar-refractivity contribution < 1.29 is 14.5 Å². The monoisotopic (exact) mass is 296 g/mol. The van der Waals surface area contributed by atoms with Gasteiger partial charge in [-0.25, -0.2) is 0 Å². The highest BCUT2D eigenvalue weighted by atomic mass is 16.6. The number of ether oxygens (including phenoxy) is 1. The molecule has 3 aromatic rings. The zero-order valence-corrected chi connectivity index (χ0v) is 11.7. The quantitative estimate of drug-likeness (QED) is 0.321. The summed E-state index contributed by atoms with van der Waals surface area (Å²) in [6.07, 6.45) is 1.83. The van der Waals surface area contributed by atoms with E-state index in [1.807, 2.05) is 22.9 Å². The topological polar surface area (TPSA) is 74.4 Å². The lowest BCUT2D eigenvalue weighted by atomic mass is 10.2. The van der Waals surface area contributed by atoms with Gasteiger partial charge in [0.15, 0.2) is 0 Å². The summed E-state index contributed by atoms with van der Waals surface area (Å²) >= 11 is 0. The number of rotatable bonds is 3. The van der Waals surface area contributed by atoms with Crippen LogP contribution in [-0.4, -0.2) is 15.5 Å². The fraction of sp³-hybridized carbons (Fsp3) is 0.0625. The number of non-ortho nitro benzene ring substituents is 1. The first kappa shape index (κ1) is 13.8. The highest BCUT2D eigenvalue weighted by molar-refractivity contribution is 5.89. The second-order valence-corrected chi connectivity index (χ2v) is 4.74. The number of aromatic nitrogens is 1. The van der Waals surface area contributed by atoms with Gasteiger partial charge in [-0.15, -0.1) is 0 Å². The third-order valence-corrected chi connectivity index (χ3v) is 3.29. The molecule has 0 saturated carbocycles. The summed E-state index contributed by atoms with van der Waals surface area (Å²) in [5.41, 5.74) is 1.69. The number of esters is 1. The van der Waals surface area contributed by atoms with Gasteiger partial charge in [-0.2, -0.15) is 0 Å². The van der Waals surface area contributed by atoms with Crippen molar-refractivity contribution in [2.24, 2.45) is 0 Å². The molecule has 0 N–H and O–H groups in total. The van der Waals surface area contributed by atoms with Crippen LogP contribution >= 0.6 is 0 Å². The van der Waals surface area contributed by atoms with Crippen molar-refractivity contribution in [1.29, 1.82) is 0 Å². The van der Waals surface area contributed by atoms with Gasteiger partial charge in [-0.1, -0.05) is 6.07 Å². The number of carbonyl (C=O) groups excluding carboxylic acids is 1. The lowest BCUT2D eigenvalue weighted by molar-refractivity contribution is -0.384. The molecule has 0 aliphatic heterocycles. The fourth-order valence-electron chi connectivity index (χ4n) is 2.34. The molecule has 1 aromatic heterocycles. The van der Waals surface area contributed by atoms with Crippen LogP contribution in [0.15, 0.2) is 54.7 Å². The molecule has 0 spiro atoms. The van der Waals surface area contributed by atoms with E-state index in [0.29, 0.717) is 5.75 Å². The largest absolute Gasteiger partial charge is 0.426 e. The van der Waals surface area contributed by atoms with Crippen LogP contribution in [0.25, 0.3) is 16.6 Å². The van der Waals surface area contributed by atoms with E-state index in [4.69, 9.17) is 4.74 Å². The summed E-state index contributed by atoms with van der Waals surface area (Å²) < 4.78 is 7.07. The minimum Gasteiger partial charge on any atom is -0.426 e. The van der Waals surface area contributed by atoms with Gasteiger partial charge in [0.05, 0.1) is 10.4 Å². The lowest BCUT2D eigenvalue weighted by Crippen LogP contribution is -2.01. The first-order valence-corrected chi connectivity index (χ1v) is 6.59. The molecule has 0 fully saturated rings. The molecule has 3 rings (SSSR count). The summed E-state index contributed by atoms with van der Waals surface area (Å²) in [6.45, 7) is 1.35. The van der Waals surface area contributed by atoms with Crippen LogP contribution < -0.4 is 4.74 Å². The number of fused-ring (bicyclic) bond motifs is 1. The standard InChI is InChI=1S/C16H12N2O4/c1-11(19)22-16-4-2-3-15-14(16)9-10-17(15)12-5-7-13(8-6-12)18(20)21/h2-10H,1H3. The van der Waals surface area contributed by atoms with Crippen molar-refractivity contribution in [1.82, 2.24) is 4.57 Å². The molecule has 0 bridgehead atoms. The van der Waals surface area contributed by atoms with Crippen molar-refractivity contribution >= 4 is 22.6 Å². The van der Waals surface area contributed by atoms with Gasteiger partial charge in [-0.3, -0.25) is 14.9 Å². The predicted molar refractivity (Wildman–Crippen MR) is 81.2 cm³/mol. The molecule has 22 heavy (non-hydrogen) atoms. The van der Waals surface area contributed by atoms with E-state index in [-0.39, 0.29) is 11.7 Å². The van der Waals surface area contributed by atoms with E-state index in [0.717, 1.165) is 16.6 Å². The van der Waals surface area contributed by atoms with Crippen LogP contribution in [0.4, 0.5) is 5.69 Å². The van der Waals surface area contributed by atoms with Crippen LogP contribution in [0.3, 0.4) is 0 Å². The molecule has 0 radical (unpaired) electrons. The Bertz CT molecular complexity index is 865. The first-order chi connectivity index (χ1) is 10.6. The molecule has 1 heterocycles. The lowest BCUT2D eigenvalue weighted by Gasteiger charge is -2.07. The highest BCUT2D eigenvalue weighted by Crippen LogP contribution is 2.29. The normalized spacial score (nSPS) is 10.6. The van der Waals surface area contributed by atoms with E-state index in [1.54, 1.807) is 24.3 Å². The van der Waals surface area contributed by atoms with E-state index >= 15 is 0 Å². The van der Waals surface area contributed by atoms with E-state index in [9.17, 15) is 14.9 Å². The van der Waals surface area contributed by atoms with Gasteiger partial charge in [-0.05, 0) is 30.3 Å². The smallest absolute Gasteiger partial charge is 0.308 e.